The summed E-state index contributed by atoms with van der Waals surface area (Å²) in [7, 11) is 1.72. The van der Waals surface area contributed by atoms with E-state index in [9.17, 15) is 0 Å². The summed E-state index contributed by atoms with van der Waals surface area (Å²) in [6.07, 6.45) is 0.876. The van der Waals surface area contributed by atoms with Crippen molar-refractivity contribution in [3.05, 3.63) is 45.9 Å². The molecular formula is C16H20N2O2S. The number of nitrogens with zero attached hydrogens (tertiary/aromatic N) is 1. The van der Waals surface area contributed by atoms with Gasteiger partial charge in [-0.15, -0.1) is 11.3 Å². The molecule has 1 aromatic heterocycles. The van der Waals surface area contributed by atoms with Gasteiger partial charge in [0.05, 0.1) is 13.2 Å². The van der Waals surface area contributed by atoms with E-state index in [-0.39, 0.29) is 5.54 Å². The number of thiazole rings is 1. The highest BCUT2D eigenvalue weighted by Gasteiger charge is 2.41. The number of fused-ring (bicyclic) bond motifs is 1. The highest BCUT2D eigenvalue weighted by atomic mass is 32.1. The molecule has 5 heteroatoms. The van der Waals surface area contributed by atoms with Gasteiger partial charge in [0, 0.05) is 36.7 Å². The number of aromatic nitrogens is 1. The number of ether oxygens (including phenoxy) is 2. The molecule has 1 atom stereocenters. The third-order valence-electron chi connectivity index (χ3n) is 3.80. The van der Waals surface area contributed by atoms with Gasteiger partial charge < -0.3 is 9.47 Å². The van der Waals surface area contributed by atoms with E-state index in [1.54, 1.807) is 18.4 Å². The van der Waals surface area contributed by atoms with Gasteiger partial charge in [0.2, 0.25) is 0 Å². The molecule has 21 heavy (non-hydrogen) atoms. The van der Waals surface area contributed by atoms with Crippen molar-refractivity contribution >= 4 is 11.3 Å². The average Bonchev–Trinajstić information content (AvgIpc) is 2.95. The molecule has 0 saturated heterocycles. The molecule has 1 aliphatic heterocycles. The molecule has 1 N–H and O–H groups in total. The highest BCUT2D eigenvalue weighted by Crippen LogP contribution is 2.42. The molecule has 0 radical (unpaired) electrons. The number of hydrogen-bond donors (Lipinski definition) is 1. The number of hydrogen-bond acceptors (Lipinski definition) is 5. The first-order valence-corrected chi connectivity index (χ1v) is 8.03. The Hall–Kier alpha value is -1.43. The fraction of sp³-hybridized carbons (Fsp3) is 0.438. The second kappa shape index (κ2) is 6.13. The molecule has 2 heterocycles. The fourth-order valence-corrected chi connectivity index (χ4v) is 3.81. The van der Waals surface area contributed by atoms with Crippen molar-refractivity contribution in [2.75, 3.05) is 26.9 Å². The van der Waals surface area contributed by atoms with Crippen LogP contribution in [0.2, 0.25) is 0 Å². The zero-order chi connectivity index (χ0) is 14.7. The molecular weight excluding hydrogens is 284 g/mol. The van der Waals surface area contributed by atoms with Gasteiger partial charge >= 0.3 is 0 Å². The molecule has 0 saturated carbocycles. The Morgan fingerprint density at radius 1 is 1.43 bits per heavy atom. The Bertz CT molecular complexity index is 614. The van der Waals surface area contributed by atoms with Crippen molar-refractivity contribution in [1.82, 2.24) is 10.3 Å². The van der Waals surface area contributed by atoms with Crippen LogP contribution in [0.4, 0.5) is 0 Å². The van der Waals surface area contributed by atoms with Gasteiger partial charge in [-0.05, 0) is 13.0 Å². The van der Waals surface area contributed by atoms with Crippen molar-refractivity contribution in [2.24, 2.45) is 0 Å². The summed E-state index contributed by atoms with van der Waals surface area (Å²) < 4.78 is 11.0. The lowest BCUT2D eigenvalue weighted by atomic mass is 9.85. The topological polar surface area (TPSA) is 43.4 Å². The minimum Gasteiger partial charge on any atom is -0.493 e. The first-order chi connectivity index (χ1) is 10.3. The minimum absolute atomic E-state index is 0.272. The SMILES string of the molecule is COCCNC1(c2nc(C)cs2)CCOc2ccccc21. The zero-order valence-electron chi connectivity index (χ0n) is 12.4. The monoisotopic (exact) mass is 304 g/mol. The molecule has 2 aromatic rings. The second-order valence-corrected chi connectivity index (χ2v) is 6.07. The van der Waals surface area contributed by atoms with Crippen molar-refractivity contribution in [3.63, 3.8) is 0 Å². The molecule has 0 bridgehead atoms. The molecule has 3 rings (SSSR count). The summed E-state index contributed by atoms with van der Waals surface area (Å²) in [4.78, 5) is 4.74. The van der Waals surface area contributed by atoms with E-state index >= 15 is 0 Å². The first-order valence-electron chi connectivity index (χ1n) is 7.15. The largest absolute Gasteiger partial charge is 0.493 e. The number of para-hydroxylation sites is 1. The maximum atomic E-state index is 5.82. The lowest BCUT2D eigenvalue weighted by Gasteiger charge is -2.38. The lowest BCUT2D eigenvalue weighted by molar-refractivity contribution is 0.169. The van der Waals surface area contributed by atoms with Gasteiger partial charge in [-0.25, -0.2) is 4.98 Å². The Labute approximate surface area is 129 Å². The van der Waals surface area contributed by atoms with E-state index in [1.165, 1.54) is 5.56 Å². The molecule has 0 amide bonds. The second-order valence-electron chi connectivity index (χ2n) is 5.21. The van der Waals surface area contributed by atoms with Crippen LogP contribution in [0.3, 0.4) is 0 Å². The average molecular weight is 304 g/mol. The van der Waals surface area contributed by atoms with Crippen molar-refractivity contribution in [3.8, 4) is 5.75 Å². The van der Waals surface area contributed by atoms with Crippen LogP contribution in [0.25, 0.3) is 0 Å². The normalized spacial score (nSPS) is 20.9. The van der Waals surface area contributed by atoms with Gasteiger partial charge in [0.25, 0.3) is 0 Å². The van der Waals surface area contributed by atoms with Crippen molar-refractivity contribution in [1.29, 1.82) is 0 Å². The number of rotatable bonds is 5. The standard InChI is InChI=1S/C16H20N2O2S/c1-12-11-21-15(18-12)16(17-8-10-19-2)7-9-20-14-6-4-3-5-13(14)16/h3-6,11,17H,7-10H2,1-2H3. The number of aryl methyl sites for hydroxylation is 1. The van der Waals surface area contributed by atoms with Crippen LogP contribution in [-0.4, -0.2) is 31.9 Å². The van der Waals surface area contributed by atoms with Crippen molar-refractivity contribution < 1.29 is 9.47 Å². The number of nitrogens with one attached hydrogen (secondary N) is 1. The van der Waals surface area contributed by atoms with Gasteiger partial charge in [0.1, 0.15) is 16.3 Å². The van der Waals surface area contributed by atoms with E-state index in [1.807, 2.05) is 19.1 Å². The summed E-state index contributed by atoms with van der Waals surface area (Å²) in [5, 5.41) is 6.87. The van der Waals surface area contributed by atoms with E-state index in [0.717, 1.165) is 29.4 Å². The quantitative estimate of drug-likeness (QED) is 0.863. The zero-order valence-corrected chi connectivity index (χ0v) is 13.2. The Balaban J connectivity index is 2.05. The molecule has 112 valence electrons. The smallest absolute Gasteiger partial charge is 0.124 e. The van der Waals surface area contributed by atoms with Gasteiger partial charge in [-0.2, -0.15) is 0 Å². The molecule has 1 aromatic carbocycles. The summed E-state index contributed by atoms with van der Waals surface area (Å²) in [6.45, 7) is 4.18. The summed E-state index contributed by atoms with van der Waals surface area (Å²) in [5.74, 6) is 0.946. The third-order valence-corrected chi connectivity index (χ3v) is 4.92. The van der Waals surface area contributed by atoms with Gasteiger partial charge in [-0.3, -0.25) is 5.32 Å². The van der Waals surface area contributed by atoms with Crippen LogP contribution in [-0.2, 0) is 10.3 Å². The minimum atomic E-state index is -0.272. The van der Waals surface area contributed by atoms with Crippen LogP contribution in [0, 0.1) is 6.92 Å². The Morgan fingerprint density at radius 2 is 2.29 bits per heavy atom. The lowest BCUT2D eigenvalue weighted by Crippen LogP contribution is -2.48. The van der Waals surface area contributed by atoms with E-state index in [2.05, 4.69) is 22.8 Å². The predicted molar refractivity (Wildman–Crippen MR) is 84.1 cm³/mol. The number of methoxy groups -OCH3 is 1. The Kier molecular flexibility index (Phi) is 4.24. The molecule has 0 spiro atoms. The maximum Gasteiger partial charge on any atom is 0.124 e. The molecule has 4 nitrogen and oxygen atoms in total. The van der Waals surface area contributed by atoms with Crippen LogP contribution in [0.1, 0.15) is 22.7 Å². The van der Waals surface area contributed by atoms with Crippen LogP contribution in [0.5, 0.6) is 5.75 Å². The van der Waals surface area contributed by atoms with E-state index < -0.39 is 0 Å². The van der Waals surface area contributed by atoms with Crippen LogP contribution < -0.4 is 10.1 Å². The van der Waals surface area contributed by atoms with E-state index in [0.29, 0.717) is 13.2 Å². The Morgan fingerprint density at radius 3 is 3.05 bits per heavy atom. The number of benzene rings is 1. The maximum absolute atomic E-state index is 5.82. The van der Waals surface area contributed by atoms with E-state index in [4.69, 9.17) is 14.5 Å². The first kappa shape index (κ1) is 14.5. The summed E-state index contributed by atoms with van der Waals surface area (Å²) >= 11 is 1.71. The molecule has 1 unspecified atom stereocenters. The summed E-state index contributed by atoms with van der Waals surface area (Å²) in [6, 6.07) is 8.23. The van der Waals surface area contributed by atoms with Crippen LogP contribution in [0.15, 0.2) is 29.6 Å². The van der Waals surface area contributed by atoms with Gasteiger partial charge in [-0.1, -0.05) is 18.2 Å². The molecule has 0 aliphatic carbocycles. The fourth-order valence-electron chi connectivity index (χ4n) is 2.79. The molecule has 0 fully saturated rings. The van der Waals surface area contributed by atoms with Gasteiger partial charge in [0.15, 0.2) is 0 Å². The third kappa shape index (κ3) is 2.69. The van der Waals surface area contributed by atoms with Crippen molar-refractivity contribution in [2.45, 2.75) is 18.9 Å². The summed E-state index contributed by atoms with van der Waals surface area (Å²) in [5.41, 5.74) is 1.96. The highest BCUT2D eigenvalue weighted by molar-refractivity contribution is 7.09. The predicted octanol–water partition coefficient (Wildman–Crippen LogP) is 2.71. The molecule has 1 aliphatic rings. The van der Waals surface area contributed by atoms with Crippen LogP contribution >= 0.6 is 11.3 Å².